The van der Waals surface area contributed by atoms with Crippen LogP contribution in [0.4, 0.5) is 0 Å². The van der Waals surface area contributed by atoms with Crippen LogP contribution in [0, 0.1) is 0 Å². The first kappa shape index (κ1) is 50.7. The van der Waals surface area contributed by atoms with Gasteiger partial charge in [0, 0.05) is 12.8 Å². The van der Waals surface area contributed by atoms with Gasteiger partial charge in [0.05, 0.1) is 12.7 Å². The third-order valence-corrected chi connectivity index (χ3v) is 9.11. The van der Waals surface area contributed by atoms with E-state index in [1.165, 1.54) is 57.8 Å². The van der Waals surface area contributed by atoms with Crippen molar-refractivity contribution in [1.82, 2.24) is 0 Å². The summed E-state index contributed by atoms with van der Waals surface area (Å²) in [5.41, 5.74) is 0. The fourth-order valence-electron chi connectivity index (χ4n) is 5.53. The first-order valence-corrected chi connectivity index (χ1v) is 22.2. The maximum absolute atomic E-state index is 12.4. The van der Waals surface area contributed by atoms with Gasteiger partial charge in [0.25, 0.3) is 0 Å². The second-order valence-electron chi connectivity index (χ2n) is 13.8. The van der Waals surface area contributed by atoms with E-state index < -0.39 is 38.6 Å². The van der Waals surface area contributed by atoms with Gasteiger partial charge in [-0.2, -0.15) is 0 Å². The first-order valence-electron chi connectivity index (χ1n) is 20.7. The zero-order chi connectivity index (χ0) is 39.1. The number of carbonyl (C=O) groups excluding carboxylic acids is 2. The molecule has 0 bridgehead atoms. The van der Waals surface area contributed by atoms with Crippen LogP contribution in [-0.2, 0) is 28.2 Å². The van der Waals surface area contributed by atoms with Crippen molar-refractivity contribution < 1.29 is 43.0 Å². The van der Waals surface area contributed by atoms with E-state index in [0.717, 1.165) is 70.6 Å². The molecule has 306 valence electrons. The lowest BCUT2D eigenvalue weighted by atomic mass is 10.1. The minimum atomic E-state index is -4.78. The van der Waals surface area contributed by atoms with Crippen molar-refractivity contribution in [2.75, 3.05) is 13.2 Å². The Morgan fingerprint density at radius 1 is 0.604 bits per heavy atom. The van der Waals surface area contributed by atoms with Crippen molar-refractivity contribution in [3.8, 4) is 0 Å². The maximum atomic E-state index is 12.4. The van der Waals surface area contributed by atoms with Gasteiger partial charge < -0.3 is 24.4 Å². The molecule has 0 aliphatic rings. The predicted octanol–water partition coefficient (Wildman–Crippen LogP) is 11.5. The molecule has 0 saturated heterocycles. The van der Waals surface area contributed by atoms with E-state index in [1.54, 1.807) is 6.08 Å². The van der Waals surface area contributed by atoms with E-state index in [9.17, 15) is 19.3 Å². The summed E-state index contributed by atoms with van der Waals surface area (Å²) in [4.78, 5) is 42.8. The molecule has 0 saturated carbocycles. The number of aliphatic hydroxyl groups is 1. The summed E-state index contributed by atoms with van der Waals surface area (Å²) in [5, 5.41) is 10.1. The highest BCUT2D eigenvalue weighted by atomic mass is 31.2. The lowest BCUT2D eigenvalue weighted by Crippen LogP contribution is -2.29. The van der Waals surface area contributed by atoms with Gasteiger partial charge in [0.15, 0.2) is 6.10 Å². The van der Waals surface area contributed by atoms with Crippen LogP contribution in [0.1, 0.15) is 174 Å². The van der Waals surface area contributed by atoms with Crippen LogP contribution in [0.3, 0.4) is 0 Å². The number of aliphatic hydroxyl groups excluding tert-OH is 1. The van der Waals surface area contributed by atoms with Gasteiger partial charge in [-0.1, -0.05) is 158 Å². The van der Waals surface area contributed by atoms with Crippen LogP contribution in [0.15, 0.2) is 60.8 Å². The summed E-state index contributed by atoms with van der Waals surface area (Å²) in [6.45, 7) is 3.44. The van der Waals surface area contributed by atoms with Gasteiger partial charge in [0.2, 0.25) is 0 Å². The number of allylic oxidation sites excluding steroid dienone is 9. The number of esters is 2. The molecular formula is C43H75O9P. The van der Waals surface area contributed by atoms with Crippen molar-refractivity contribution in [3.63, 3.8) is 0 Å². The molecule has 2 atom stereocenters. The molecular weight excluding hydrogens is 691 g/mol. The molecule has 0 heterocycles. The van der Waals surface area contributed by atoms with E-state index in [1.807, 2.05) is 18.2 Å². The molecule has 0 aromatic carbocycles. The summed E-state index contributed by atoms with van der Waals surface area (Å²) in [6.07, 6.45) is 43.9. The molecule has 3 N–H and O–H groups in total. The maximum Gasteiger partial charge on any atom is 0.469 e. The van der Waals surface area contributed by atoms with Crippen LogP contribution >= 0.6 is 7.82 Å². The summed E-state index contributed by atoms with van der Waals surface area (Å²) < 4.78 is 26.3. The standard InChI is InChI=1S/C43H75O9P/c1-3-5-7-9-11-12-13-14-15-16-17-18-19-20-21-22-24-28-32-36-42(45)50-38-41(39-51-53(47,48)49)52-43(46)37-33-29-25-27-31-35-40(44)34-30-26-23-10-8-6-4-2/h6,8,11-12,14-15,23,26,30,34,40-41,44H,3-5,7,9-10,13,16-22,24-25,27-29,31-33,35-39H2,1-2H3,(H2,47,48,49)/b8-6+,12-11-,15-14-,26-23+,34-30+/t40?,41-/m1/s1. The Hall–Kier alpha value is -2.29. The second kappa shape index (κ2) is 38.0. The fourth-order valence-corrected chi connectivity index (χ4v) is 5.89. The van der Waals surface area contributed by atoms with E-state index in [4.69, 9.17) is 19.3 Å². The molecule has 1 unspecified atom stereocenters. The third-order valence-electron chi connectivity index (χ3n) is 8.62. The van der Waals surface area contributed by atoms with E-state index in [-0.39, 0.29) is 19.4 Å². The smallest absolute Gasteiger partial charge is 0.462 e. The number of unbranched alkanes of at least 4 members (excludes halogenated alkanes) is 16. The number of ether oxygens (including phenoxy) is 2. The Morgan fingerprint density at radius 2 is 1.13 bits per heavy atom. The molecule has 0 aromatic heterocycles. The molecule has 0 fully saturated rings. The van der Waals surface area contributed by atoms with Gasteiger partial charge in [-0.3, -0.25) is 14.1 Å². The number of carbonyl (C=O) groups is 2. The van der Waals surface area contributed by atoms with Gasteiger partial charge in [0.1, 0.15) is 6.61 Å². The molecule has 0 radical (unpaired) electrons. The summed E-state index contributed by atoms with van der Waals surface area (Å²) >= 11 is 0. The molecule has 0 aromatic rings. The molecule has 0 spiro atoms. The predicted molar refractivity (Wildman–Crippen MR) is 217 cm³/mol. The number of hydrogen-bond acceptors (Lipinski definition) is 7. The fraction of sp³-hybridized carbons (Fsp3) is 0.721. The Labute approximate surface area is 322 Å². The topological polar surface area (TPSA) is 140 Å². The monoisotopic (exact) mass is 767 g/mol. The molecule has 9 nitrogen and oxygen atoms in total. The molecule has 0 rings (SSSR count). The molecule has 53 heavy (non-hydrogen) atoms. The minimum absolute atomic E-state index is 0.139. The average molecular weight is 767 g/mol. The Kier molecular flexibility index (Phi) is 36.4. The minimum Gasteiger partial charge on any atom is -0.462 e. The summed E-state index contributed by atoms with van der Waals surface area (Å²) in [6, 6.07) is 0. The van der Waals surface area contributed by atoms with Crippen LogP contribution in [0.25, 0.3) is 0 Å². The zero-order valence-electron chi connectivity index (χ0n) is 33.3. The molecule has 0 amide bonds. The van der Waals surface area contributed by atoms with Crippen LogP contribution < -0.4 is 0 Å². The van der Waals surface area contributed by atoms with E-state index in [2.05, 4.69) is 54.8 Å². The van der Waals surface area contributed by atoms with Crippen molar-refractivity contribution in [2.45, 2.75) is 187 Å². The molecule has 0 aliphatic heterocycles. The summed E-state index contributed by atoms with van der Waals surface area (Å²) in [5.74, 6) is -0.969. The van der Waals surface area contributed by atoms with Crippen molar-refractivity contribution in [2.24, 2.45) is 0 Å². The Bertz CT molecular complexity index is 1060. The quantitative estimate of drug-likeness (QED) is 0.0185. The lowest BCUT2D eigenvalue weighted by molar-refractivity contribution is -0.161. The highest BCUT2D eigenvalue weighted by Crippen LogP contribution is 2.36. The zero-order valence-corrected chi connectivity index (χ0v) is 34.2. The molecule has 0 aliphatic carbocycles. The number of hydrogen-bond donors (Lipinski definition) is 3. The van der Waals surface area contributed by atoms with Crippen molar-refractivity contribution in [1.29, 1.82) is 0 Å². The Balaban J connectivity index is 4.01. The highest BCUT2D eigenvalue weighted by Gasteiger charge is 2.22. The van der Waals surface area contributed by atoms with Crippen LogP contribution in [0.5, 0.6) is 0 Å². The van der Waals surface area contributed by atoms with Crippen LogP contribution in [0.2, 0.25) is 0 Å². The van der Waals surface area contributed by atoms with Crippen molar-refractivity contribution in [3.05, 3.63) is 60.8 Å². The van der Waals surface area contributed by atoms with E-state index in [0.29, 0.717) is 19.3 Å². The lowest BCUT2D eigenvalue weighted by Gasteiger charge is -2.18. The first-order chi connectivity index (χ1) is 25.7. The van der Waals surface area contributed by atoms with Gasteiger partial charge in [-0.05, 0) is 64.2 Å². The van der Waals surface area contributed by atoms with Crippen LogP contribution in [-0.4, -0.2) is 52.3 Å². The van der Waals surface area contributed by atoms with Gasteiger partial charge in [-0.25, -0.2) is 4.57 Å². The number of phosphoric acid groups is 1. The van der Waals surface area contributed by atoms with Crippen molar-refractivity contribution >= 4 is 19.8 Å². The van der Waals surface area contributed by atoms with E-state index >= 15 is 0 Å². The second-order valence-corrected chi connectivity index (χ2v) is 15.0. The largest absolute Gasteiger partial charge is 0.469 e. The third kappa shape index (κ3) is 40.7. The normalized spacial score (nSPS) is 13.7. The molecule has 10 heteroatoms. The number of rotatable bonds is 37. The number of phosphoric ester groups is 1. The Morgan fingerprint density at radius 3 is 1.74 bits per heavy atom. The SMILES string of the molecule is CC/C=C/C/C=C/C=C/C(O)CCCCCCCC(=O)O[C@H](COC(=O)CCCCCCCCCCC/C=C\C/C=C\CCCCC)COP(=O)(O)O. The average Bonchev–Trinajstić information content (AvgIpc) is 3.12. The van der Waals surface area contributed by atoms with Gasteiger partial charge in [-0.15, -0.1) is 0 Å². The highest BCUT2D eigenvalue weighted by molar-refractivity contribution is 7.46. The summed E-state index contributed by atoms with van der Waals surface area (Å²) in [7, 11) is -4.78. The van der Waals surface area contributed by atoms with Gasteiger partial charge >= 0.3 is 19.8 Å².